The van der Waals surface area contributed by atoms with Crippen molar-refractivity contribution in [3.05, 3.63) is 53.6 Å². The molecule has 1 aliphatic heterocycles. The summed E-state index contributed by atoms with van der Waals surface area (Å²) in [5.74, 6) is -3.31. The third-order valence-electron chi connectivity index (χ3n) is 4.92. The zero-order chi connectivity index (χ0) is 22.6. The number of aromatic carboxylic acids is 1. The SMILES string of the molecule is N#CCCN1CCN(c2ccc(C(=O)O)cc2NS(=O)(=O)c2cc(F)ccc2F)CC1. The molecule has 11 heteroatoms. The highest BCUT2D eigenvalue weighted by atomic mass is 32.2. The molecule has 0 radical (unpaired) electrons. The predicted octanol–water partition coefficient (Wildman–Crippen LogP) is 2.50. The van der Waals surface area contributed by atoms with Gasteiger partial charge in [0.1, 0.15) is 16.5 Å². The molecule has 0 aliphatic carbocycles. The van der Waals surface area contributed by atoms with E-state index in [0.29, 0.717) is 57.0 Å². The monoisotopic (exact) mass is 450 g/mol. The van der Waals surface area contributed by atoms with E-state index in [9.17, 15) is 27.1 Å². The average Bonchev–Trinajstić information content (AvgIpc) is 2.74. The van der Waals surface area contributed by atoms with Gasteiger partial charge in [-0.05, 0) is 36.4 Å². The number of nitrogens with zero attached hydrogens (tertiary/aromatic N) is 3. The van der Waals surface area contributed by atoms with Crippen LogP contribution in [0.2, 0.25) is 0 Å². The van der Waals surface area contributed by atoms with Crippen molar-refractivity contribution in [2.24, 2.45) is 0 Å². The zero-order valence-electron chi connectivity index (χ0n) is 16.4. The van der Waals surface area contributed by atoms with E-state index in [1.807, 2.05) is 4.90 Å². The number of nitrogens with one attached hydrogen (secondary N) is 1. The zero-order valence-corrected chi connectivity index (χ0v) is 17.2. The number of carboxylic acid groups (broad SMARTS) is 1. The van der Waals surface area contributed by atoms with Gasteiger partial charge in [-0.1, -0.05) is 0 Å². The van der Waals surface area contributed by atoms with Crippen LogP contribution < -0.4 is 9.62 Å². The van der Waals surface area contributed by atoms with E-state index in [0.717, 1.165) is 12.1 Å². The lowest BCUT2D eigenvalue weighted by atomic mass is 10.1. The Morgan fingerprint density at radius 2 is 1.84 bits per heavy atom. The number of carboxylic acids is 1. The van der Waals surface area contributed by atoms with Crippen LogP contribution in [0.4, 0.5) is 20.2 Å². The van der Waals surface area contributed by atoms with E-state index < -0.39 is 32.5 Å². The molecule has 8 nitrogen and oxygen atoms in total. The molecule has 2 N–H and O–H groups in total. The molecule has 0 spiro atoms. The fourth-order valence-corrected chi connectivity index (χ4v) is 4.49. The van der Waals surface area contributed by atoms with E-state index in [2.05, 4.69) is 15.7 Å². The van der Waals surface area contributed by atoms with Crippen molar-refractivity contribution in [2.45, 2.75) is 11.3 Å². The second kappa shape index (κ2) is 9.28. The lowest BCUT2D eigenvalue weighted by Crippen LogP contribution is -2.46. The van der Waals surface area contributed by atoms with Crippen molar-refractivity contribution in [2.75, 3.05) is 42.3 Å². The van der Waals surface area contributed by atoms with Crippen LogP contribution in [0.25, 0.3) is 0 Å². The molecule has 1 fully saturated rings. The Kier molecular flexibility index (Phi) is 6.72. The van der Waals surface area contributed by atoms with Gasteiger partial charge in [0.25, 0.3) is 10.0 Å². The first-order valence-corrected chi connectivity index (χ1v) is 10.9. The summed E-state index contributed by atoms with van der Waals surface area (Å²) in [5.41, 5.74) is 0.216. The molecule has 2 aromatic rings. The van der Waals surface area contributed by atoms with Crippen LogP contribution in [0.15, 0.2) is 41.3 Å². The van der Waals surface area contributed by atoms with Gasteiger partial charge in [0.2, 0.25) is 0 Å². The Morgan fingerprint density at radius 3 is 2.48 bits per heavy atom. The van der Waals surface area contributed by atoms with Crippen molar-refractivity contribution in [1.82, 2.24) is 4.90 Å². The Hall–Kier alpha value is -3.23. The van der Waals surface area contributed by atoms with Gasteiger partial charge in [-0.15, -0.1) is 0 Å². The Bertz CT molecular complexity index is 1130. The molecule has 1 aliphatic rings. The van der Waals surface area contributed by atoms with Gasteiger partial charge < -0.3 is 10.0 Å². The first-order valence-electron chi connectivity index (χ1n) is 9.41. The summed E-state index contributed by atoms with van der Waals surface area (Å²) >= 11 is 0. The highest BCUT2D eigenvalue weighted by Crippen LogP contribution is 2.31. The molecule has 0 saturated carbocycles. The number of anilines is 2. The minimum Gasteiger partial charge on any atom is -0.478 e. The van der Waals surface area contributed by atoms with Gasteiger partial charge in [0.15, 0.2) is 0 Å². The van der Waals surface area contributed by atoms with Crippen LogP contribution in [0.3, 0.4) is 0 Å². The minimum atomic E-state index is -4.52. The van der Waals surface area contributed by atoms with Crippen LogP contribution in [0.1, 0.15) is 16.8 Å². The molecule has 0 unspecified atom stereocenters. The smallest absolute Gasteiger partial charge is 0.335 e. The summed E-state index contributed by atoms with van der Waals surface area (Å²) < 4.78 is 55.3. The standard InChI is InChI=1S/C20H20F2N4O4S/c21-15-3-4-16(22)19(13-15)31(29,30)24-17-12-14(20(27)28)2-5-18(17)26-10-8-25(9-11-26)7-1-6-23/h2-5,12-13,24H,1,7-11H2,(H,27,28). The van der Waals surface area contributed by atoms with Gasteiger partial charge in [-0.2, -0.15) is 5.26 Å². The lowest BCUT2D eigenvalue weighted by Gasteiger charge is -2.36. The van der Waals surface area contributed by atoms with E-state index in [-0.39, 0.29) is 11.3 Å². The van der Waals surface area contributed by atoms with Crippen LogP contribution in [0, 0.1) is 23.0 Å². The maximum atomic E-state index is 14.1. The Labute approximate surface area is 178 Å². The van der Waals surface area contributed by atoms with Crippen molar-refractivity contribution in [3.8, 4) is 6.07 Å². The Morgan fingerprint density at radius 1 is 1.13 bits per heavy atom. The summed E-state index contributed by atoms with van der Waals surface area (Å²) in [6.07, 6.45) is 0.400. The fraction of sp³-hybridized carbons (Fsp3) is 0.300. The summed E-state index contributed by atoms with van der Waals surface area (Å²) in [6.45, 7) is 2.92. The molecule has 1 saturated heterocycles. The Balaban J connectivity index is 1.92. The molecular formula is C20H20F2N4O4S. The maximum Gasteiger partial charge on any atom is 0.335 e. The van der Waals surface area contributed by atoms with Crippen molar-refractivity contribution < 1.29 is 27.1 Å². The molecule has 0 atom stereocenters. The van der Waals surface area contributed by atoms with E-state index in [1.165, 1.54) is 12.1 Å². The predicted molar refractivity (Wildman–Crippen MR) is 109 cm³/mol. The van der Waals surface area contributed by atoms with Crippen LogP contribution in [0.5, 0.6) is 0 Å². The number of piperazine rings is 1. The van der Waals surface area contributed by atoms with Gasteiger partial charge in [-0.25, -0.2) is 22.0 Å². The minimum absolute atomic E-state index is 0.0472. The van der Waals surface area contributed by atoms with Crippen LogP contribution in [-0.2, 0) is 10.0 Å². The summed E-state index contributed by atoms with van der Waals surface area (Å²) in [5, 5.41) is 18.0. The van der Waals surface area contributed by atoms with Gasteiger partial charge >= 0.3 is 5.97 Å². The number of sulfonamides is 1. The average molecular weight is 450 g/mol. The van der Waals surface area contributed by atoms with Gasteiger partial charge in [0.05, 0.1) is 23.0 Å². The number of rotatable bonds is 7. The van der Waals surface area contributed by atoms with Crippen molar-refractivity contribution in [3.63, 3.8) is 0 Å². The first-order chi connectivity index (χ1) is 14.7. The highest BCUT2D eigenvalue weighted by Gasteiger charge is 2.25. The number of halogens is 2. The molecule has 0 aromatic heterocycles. The third kappa shape index (κ3) is 5.28. The number of benzene rings is 2. The summed E-state index contributed by atoms with van der Waals surface area (Å²) in [4.78, 5) is 14.5. The second-order valence-corrected chi connectivity index (χ2v) is 8.60. The fourth-order valence-electron chi connectivity index (χ4n) is 3.33. The summed E-state index contributed by atoms with van der Waals surface area (Å²) in [6, 6.07) is 8.14. The number of nitriles is 1. The topological polar surface area (TPSA) is 114 Å². The number of carbonyl (C=O) groups is 1. The van der Waals surface area contributed by atoms with Crippen molar-refractivity contribution in [1.29, 1.82) is 5.26 Å². The molecular weight excluding hydrogens is 430 g/mol. The van der Waals surface area contributed by atoms with Crippen molar-refractivity contribution >= 4 is 27.4 Å². The largest absolute Gasteiger partial charge is 0.478 e. The first kappa shape index (κ1) is 22.5. The molecule has 3 rings (SSSR count). The number of hydrogen-bond acceptors (Lipinski definition) is 6. The normalized spacial score (nSPS) is 14.8. The molecule has 2 aromatic carbocycles. The van der Waals surface area contributed by atoms with E-state index in [4.69, 9.17) is 5.26 Å². The highest BCUT2D eigenvalue weighted by molar-refractivity contribution is 7.92. The lowest BCUT2D eigenvalue weighted by molar-refractivity contribution is 0.0697. The quantitative estimate of drug-likeness (QED) is 0.666. The summed E-state index contributed by atoms with van der Waals surface area (Å²) in [7, 11) is -4.52. The van der Waals surface area contributed by atoms with Crippen LogP contribution in [-0.4, -0.2) is 57.1 Å². The van der Waals surface area contributed by atoms with Gasteiger partial charge in [0, 0.05) is 39.1 Å². The molecule has 164 valence electrons. The van der Waals surface area contributed by atoms with E-state index >= 15 is 0 Å². The molecule has 1 heterocycles. The van der Waals surface area contributed by atoms with Gasteiger partial charge in [-0.3, -0.25) is 9.62 Å². The maximum absolute atomic E-state index is 14.1. The van der Waals surface area contributed by atoms with E-state index in [1.54, 1.807) is 0 Å². The second-order valence-electron chi connectivity index (χ2n) is 6.95. The molecule has 31 heavy (non-hydrogen) atoms. The van der Waals surface area contributed by atoms with Crippen LogP contribution >= 0.6 is 0 Å². The molecule has 0 amide bonds. The number of hydrogen-bond donors (Lipinski definition) is 2. The molecule has 0 bridgehead atoms. The third-order valence-corrected chi connectivity index (χ3v) is 6.30.